The summed E-state index contributed by atoms with van der Waals surface area (Å²) in [5.74, 6) is 1.34. The molecule has 0 saturated carbocycles. The van der Waals surface area contributed by atoms with Gasteiger partial charge >= 0.3 is 6.09 Å². The number of hydrogen-bond acceptors (Lipinski definition) is 4. The summed E-state index contributed by atoms with van der Waals surface area (Å²) in [6.45, 7) is 3.70. The van der Waals surface area contributed by atoms with Crippen molar-refractivity contribution in [1.82, 2.24) is 10.2 Å². The van der Waals surface area contributed by atoms with Crippen LogP contribution in [0.2, 0.25) is 0 Å². The minimum atomic E-state index is -0.342. The average Bonchev–Trinajstić information content (AvgIpc) is 2.71. The van der Waals surface area contributed by atoms with Crippen molar-refractivity contribution < 1.29 is 19.1 Å². The highest BCUT2D eigenvalue weighted by molar-refractivity contribution is 5.79. The van der Waals surface area contributed by atoms with E-state index in [1.807, 2.05) is 49.4 Å². The predicted molar refractivity (Wildman–Crippen MR) is 107 cm³/mol. The molecule has 0 unspecified atom stereocenters. The SMILES string of the molecule is CCOc1ccc(CC(=O)NC2CCN(C(=O)Oc3ccccc3)CC2)cc1. The lowest BCUT2D eigenvalue weighted by Crippen LogP contribution is -2.47. The van der Waals surface area contributed by atoms with Crippen molar-refractivity contribution in [2.75, 3.05) is 19.7 Å². The van der Waals surface area contributed by atoms with Gasteiger partial charge in [0.2, 0.25) is 5.91 Å². The fraction of sp³-hybridized carbons (Fsp3) is 0.364. The number of carbonyl (C=O) groups is 2. The van der Waals surface area contributed by atoms with Crippen LogP contribution in [-0.2, 0) is 11.2 Å². The van der Waals surface area contributed by atoms with Crippen LogP contribution >= 0.6 is 0 Å². The maximum atomic E-state index is 12.3. The third-order valence-corrected chi connectivity index (χ3v) is 4.67. The second kappa shape index (κ2) is 9.78. The number of likely N-dealkylation sites (tertiary alicyclic amines) is 1. The fourth-order valence-electron chi connectivity index (χ4n) is 3.19. The molecule has 1 aliphatic heterocycles. The number of ether oxygens (including phenoxy) is 2. The van der Waals surface area contributed by atoms with Gasteiger partial charge in [-0.05, 0) is 49.6 Å². The fourth-order valence-corrected chi connectivity index (χ4v) is 3.19. The van der Waals surface area contributed by atoms with E-state index >= 15 is 0 Å². The van der Waals surface area contributed by atoms with Gasteiger partial charge in [-0.2, -0.15) is 0 Å². The van der Waals surface area contributed by atoms with Gasteiger partial charge in [-0.3, -0.25) is 4.79 Å². The highest BCUT2D eigenvalue weighted by Crippen LogP contribution is 2.16. The molecule has 0 bridgehead atoms. The van der Waals surface area contributed by atoms with Gasteiger partial charge in [0, 0.05) is 19.1 Å². The van der Waals surface area contributed by atoms with Gasteiger partial charge in [-0.15, -0.1) is 0 Å². The van der Waals surface area contributed by atoms with Crippen LogP contribution in [0.25, 0.3) is 0 Å². The topological polar surface area (TPSA) is 67.9 Å². The highest BCUT2D eigenvalue weighted by Gasteiger charge is 2.25. The standard InChI is InChI=1S/C22H26N2O4/c1-2-27-19-10-8-17(9-11-19)16-21(25)23-18-12-14-24(15-13-18)22(26)28-20-6-4-3-5-7-20/h3-11,18H,2,12-16H2,1H3,(H,23,25). The molecule has 0 spiro atoms. The van der Waals surface area contributed by atoms with Crippen molar-refractivity contribution in [3.63, 3.8) is 0 Å². The summed E-state index contributed by atoms with van der Waals surface area (Å²) in [7, 11) is 0. The lowest BCUT2D eigenvalue weighted by atomic mass is 10.0. The first kappa shape index (κ1) is 19.7. The molecule has 0 radical (unpaired) electrons. The molecular formula is C22H26N2O4. The van der Waals surface area contributed by atoms with Crippen molar-refractivity contribution in [1.29, 1.82) is 0 Å². The summed E-state index contributed by atoms with van der Waals surface area (Å²) >= 11 is 0. The molecule has 0 aliphatic carbocycles. The molecule has 1 heterocycles. The van der Waals surface area contributed by atoms with E-state index < -0.39 is 0 Å². The van der Waals surface area contributed by atoms with E-state index in [9.17, 15) is 9.59 Å². The highest BCUT2D eigenvalue weighted by atomic mass is 16.6. The molecule has 1 saturated heterocycles. The molecule has 1 N–H and O–H groups in total. The molecule has 1 aliphatic rings. The Morgan fingerprint density at radius 2 is 1.68 bits per heavy atom. The van der Waals surface area contributed by atoms with E-state index in [-0.39, 0.29) is 18.0 Å². The molecule has 28 heavy (non-hydrogen) atoms. The van der Waals surface area contributed by atoms with Crippen LogP contribution in [0.3, 0.4) is 0 Å². The first-order valence-electron chi connectivity index (χ1n) is 9.67. The zero-order valence-corrected chi connectivity index (χ0v) is 16.1. The molecule has 3 rings (SSSR count). The Balaban J connectivity index is 1.41. The molecule has 2 aromatic carbocycles. The summed E-state index contributed by atoms with van der Waals surface area (Å²) in [5, 5.41) is 3.07. The number of carbonyl (C=O) groups excluding carboxylic acids is 2. The molecule has 6 heteroatoms. The number of nitrogens with one attached hydrogen (secondary N) is 1. The van der Waals surface area contributed by atoms with Crippen molar-refractivity contribution in [3.05, 3.63) is 60.2 Å². The Labute approximate surface area is 165 Å². The molecule has 6 nitrogen and oxygen atoms in total. The van der Waals surface area contributed by atoms with Crippen LogP contribution in [0.1, 0.15) is 25.3 Å². The molecule has 2 aromatic rings. The first-order valence-corrected chi connectivity index (χ1v) is 9.67. The zero-order valence-electron chi connectivity index (χ0n) is 16.1. The van der Waals surface area contributed by atoms with E-state index in [4.69, 9.17) is 9.47 Å². The average molecular weight is 382 g/mol. The minimum Gasteiger partial charge on any atom is -0.494 e. The van der Waals surface area contributed by atoms with Gasteiger partial charge < -0.3 is 19.7 Å². The molecule has 0 aromatic heterocycles. The van der Waals surface area contributed by atoms with Crippen LogP contribution in [0.15, 0.2) is 54.6 Å². The van der Waals surface area contributed by atoms with Crippen LogP contribution in [0, 0.1) is 0 Å². The van der Waals surface area contributed by atoms with E-state index in [0.717, 1.165) is 24.2 Å². The van der Waals surface area contributed by atoms with Gasteiger partial charge in [0.05, 0.1) is 13.0 Å². The van der Waals surface area contributed by atoms with Crippen molar-refractivity contribution in [3.8, 4) is 11.5 Å². The number of amides is 2. The van der Waals surface area contributed by atoms with Gasteiger partial charge in [0.1, 0.15) is 11.5 Å². The smallest absolute Gasteiger partial charge is 0.415 e. The molecule has 2 amide bonds. The summed E-state index contributed by atoms with van der Waals surface area (Å²) in [6.07, 6.45) is 1.44. The Morgan fingerprint density at radius 1 is 1.00 bits per heavy atom. The number of rotatable bonds is 6. The number of benzene rings is 2. The molecule has 1 fully saturated rings. The third kappa shape index (κ3) is 5.74. The van der Waals surface area contributed by atoms with Gasteiger partial charge in [-0.1, -0.05) is 30.3 Å². The second-order valence-corrected chi connectivity index (χ2v) is 6.76. The lowest BCUT2D eigenvalue weighted by molar-refractivity contribution is -0.121. The maximum absolute atomic E-state index is 12.3. The summed E-state index contributed by atoms with van der Waals surface area (Å²) in [4.78, 5) is 26.2. The van der Waals surface area contributed by atoms with Crippen LogP contribution < -0.4 is 14.8 Å². The van der Waals surface area contributed by atoms with Crippen molar-refractivity contribution in [2.24, 2.45) is 0 Å². The van der Waals surface area contributed by atoms with E-state index in [2.05, 4.69) is 5.32 Å². The zero-order chi connectivity index (χ0) is 19.8. The van der Waals surface area contributed by atoms with E-state index in [0.29, 0.717) is 31.9 Å². The lowest BCUT2D eigenvalue weighted by Gasteiger charge is -2.31. The minimum absolute atomic E-state index is 0.00512. The maximum Gasteiger partial charge on any atom is 0.415 e. The first-order chi connectivity index (χ1) is 13.6. The number of piperidine rings is 1. The molecule has 0 atom stereocenters. The molecule has 148 valence electrons. The van der Waals surface area contributed by atoms with Gasteiger partial charge in [0.15, 0.2) is 0 Å². The summed E-state index contributed by atoms with van der Waals surface area (Å²) < 4.78 is 10.8. The van der Waals surface area contributed by atoms with Crippen LogP contribution in [0.4, 0.5) is 4.79 Å². The Hall–Kier alpha value is -3.02. The van der Waals surface area contributed by atoms with Crippen LogP contribution in [0.5, 0.6) is 11.5 Å². The number of hydrogen-bond donors (Lipinski definition) is 1. The summed E-state index contributed by atoms with van der Waals surface area (Å²) in [6, 6.07) is 16.7. The van der Waals surface area contributed by atoms with Crippen molar-refractivity contribution in [2.45, 2.75) is 32.2 Å². The second-order valence-electron chi connectivity index (χ2n) is 6.76. The van der Waals surface area contributed by atoms with Crippen LogP contribution in [-0.4, -0.2) is 42.6 Å². The van der Waals surface area contributed by atoms with Gasteiger partial charge in [0.25, 0.3) is 0 Å². The largest absolute Gasteiger partial charge is 0.494 e. The monoisotopic (exact) mass is 382 g/mol. The quantitative estimate of drug-likeness (QED) is 0.831. The van der Waals surface area contributed by atoms with Gasteiger partial charge in [-0.25, -0.2) is 4.79 Å². The van der Waals surface area contributed by atoms with Crippen molar-refractivity contribution >= 4 is 12.0 Å². The Morgan fingerprint density at radius 3 is 2.32 bits per heavy atom. The van der Waals surface area contributed by atoms with E-state index in [1.54, 1.807) is 17.0 Å². The Bertz CT molecular complexity index is 769. The summed E-state index contributed by atoms with van der Waals surface area (Å²) in [5.41, 5.74) is 0.949. The normalized spacial score (nSPS) is 14.4. The number of para-hydroxylation sites is 1. The Kier molecular flexibility index (Phi) is 6.89. The third-order valence-electron chi connectivity index (χ3n) is 4.67. The van der Waals surface area contributed by atoms with E-state index in [1.165, 1.54) is 0 Å². The predicted octanol–water partition coefficient (Wildman–Crippen LogP) is 3.41. The molecular weight excluding hydrogens is 356 g/mol. The number of nitrogens with zero attached hydrogens (tertiary/aromatic N) is 1.